The van der Waals surface area contributed by atoms with E-state index in [2.05, 4.69) is 28.3 Å². The minimum atomic E-state index is 0.638. The molecule has 3 rings (SSSR count). The van der Waals surface area contributed by atoms with Crippen LogP contribution in [0.1, 0.15) is 31.2 Å². The van der Waals surface area contributed by atoms with Gasteiger partial charge >= 0.3 is 0 Å². The Hall–Kier alpha value is -1.13. The maximum atomic E-state index is 5.30. The highest BCUT2D eigenvalue weighted by atomic mass is 16.5. The standard InChI is InChI=1S/C15H23N3O/c1-18-13-5-6-14(18)9-12(8-13)17-10-11-4-3-7-16-15(11)19-2/h3-4,7,12-14,17H,5-6,8-10H2,1-2H3. The number of piperidine rings is 1. The molecule has 2 atom stereocenters. The molecule has 104 valence electrons. The van der Waals surface area contributed by atoms with Gasteiger partial charge in [-0.25, -0.2) is 4.98 Å². The molecule has 2 bridgehead atoms. The van der Waals surface area contributed by atoms with Crippen molar-refractivity contribution in [3.63, 3.8) is 0 Å². The van der Waals surface area contributed by atoms with Crippen molar-refractivity contribution in [2.24, 2.45) is 0 Å². The van der Waals surface area contributed by atoms with Gasteiger partial charge in [0.15, 0.2) is 0 Å². The SMILES string of the molecule is COc1ncccc1CNC1CC2CCC(C1)N2C. The number of rotatable bonds is 4. The molecule has 4 heteroatoms. The average molecular weight is 261 g/mol. The number of nitrogens with zero attached hydrogens (tertiary/aromatic N) is 2. The van der Waals surface area contributed by atoms with Crippen LogP contribution < -0.4 is 10.1 Å². The molecule has 0 radical (unpaired) electrons. The molecule has 0 spiro atoms. The third-order valence-corrected chi connectivity index (χ3v) is 4.72. The molecule has 2 fully saturated rings. The summed E-state index contributed by atoms with van der Waals surface area (Å²) < 4.78 is 5.30. The molecule has 0 aliphatic carbocycles. The average Bonchev–Trinajstić information content (AvgIpc) is 2.67. The first-order chi connectivity index (χ1) is 9.28. The number of hydrogen-bond donors (Lipinski definition) is 1. The molecule has 2 aliphatic rings. The van der Waals surface area contributed by atoms with Crippen LogP contribution in [-0.4, -0.2) is 42.2 Å². The van der Waals surface area contributed by atoms with Crippen molar-refractivity contribution < 1.29 is 4.74 Å². The van der Waals surface area contributed by atoms with Crippen molar-refractivity contribution in [3.8, 4) is 5.88 Å². The monoisotopic (exact) mass is 261 g/mol. The van der Waals surface area contributed by atoms with Gasteiger partial charge in [-0.1, -0.05) is 6.07 Å². The summed E-state index contributed by atoms with van der Waals surface area (Å²) in [6, 6.07) is 6.26. The molecule has 1 aromatic rings. The summed E-state index contributed by atoms with van der Waals surface area (Å²) in [6.45, 7) is 0.852. The summed E-state index contributed by atoms with van der Waals surface area (Å²) in [5.41, 5.74) is 1.15. The first kappa shape index (κ1) is 12.9. The van der Waals surface area contributed by atoms with E-state index in [9.17, 15) is 0 Å². The summed E-state index contributed by atoms with van der Waals surface area (Å²) in [7, 11) is 3.96. The van der Waals surface area contributed by atoms with Crippen LogP contribution in [0.25, 0.3) is 0 Å². The van der Waals surface area contributed by atoms with Gasteiger partial charge in [-0.2, -0.15) is 0 Å². The van der Waals surface area contributed by atoms with Crippen LogP contribution in [0.4, 0.5) is 0 Å². The van der Waals surface area contributed by atoms with E-state index < -0.39 is 0 Å². The zero-order valence-electron chi connectivity index (χ0n) is 11.8. The minimum Gasteiger partial charge on any atom is -0.481 e. The summed E-state index contributed by atoms with van der Waals surface area (Å²) >= 11 is 0. The van der Waals surface area contributed by atoms with Crippen molar-refractivity contribution in [2.45, 2.75) is 50.4 Å². The van der Waals surface area contributed by atoms with E-state index >= 15 is 0 Å². The van der Waals surface area contributed by atoms with Crippen LogP contribution in [0.15, 0.2) is 18.3 Å². The smallest absolute Gasteiger partial charge is 0.217 e. The highest BCUT2D eigenvalue weighted by Crippen LogP contribution is 2.34. The van der Waals surface area contributed by atoms with E-state index in [4.69, 9.17) is 4.74 Å². The van der Waals surface area contributed by atoms with Gasteiger partial charge in [0.25, 0.3) is 0 Å². The quantitative estimate of drug-likeness (QED) is 0.897. The van der Waals surface area contributed by atoms with Crippen molar-refractivity contribution in [1.82, 2.24) is 15.2 Å². The number of nitrogens with one attached hydrogen (secondary N) is 1. The summed E-state index contributed by atoms with van der Waals surface area (Å²) in [4.78, 5) is 6.82. The summed E-state index contributed by atoms with van der Waals surface area (Å²) in [6.07, 6.45) is 7.06. The number of ether oxygens (including phenoxy) is 1. The summed E-state index contributed by atoms with van der Waals surface area (Å²) in [5, 5.41) is 3.69. The van der Waals surface area contributed by atoms with E-state index in [1.807, 2.05) is 6.07 Å². The largest absolute Gasteiger partial charge is 0.481 e. The van der Waals surface area contributed by atoms with Crippen molar-refractivity contribution in [3.05, 3.63) is 23.9 Å². The Bertz CT molecular complexity index is 423. The van der Waals surface area contributed by atoms with Gasteiger partial charge in [-0.15, -0.1) is 0 Å². The fourth-order valence-electron chi connectivity index (χ4n) is 3.57. The molecule has 0 amide bonds. The second-order valence-electron chi connectivity index (χ2n) is 5.77. The van der Waals surface area contributed by atoms with Crippen LogP contribution in [0.5, 0.6) is 5.88 Å². The molecule has 19 heavy (non-hydrogen) atoms. The molecule has 1 aromatic heterocycles. The van der Waals surface area contributed by atoms with Crippen molar-refractivity contribution >= 4 is 0 Å². The normalized spacial score (nSPS) is 30.5. The Kier molecular flexibility index (Phi) is 3.71. The number of methoxy groups -OCH3 is 1. The molecular weight excluding hydrogens is 238 g/mol. The number of hydrogen-bond acceptors (Lipinski definition) is 4. The van der Waals surface area contributed by atoms with Crippen LogP contribution >= 0.6 is 0 Å². The maximum Gasteiger partial charge on any atom is 0.217 e. The zero-order valence-corrected chi connectivity index (χ0v) is 11.8. The van der Waals surface area contributed by atoms with Crippen molar-refractivity contribution in [1.29, 1.82) is 0 Å². The van der Waals surface area contributed by atoms with Crippen molar-refractivity contribution in [2.75, 3.05) is 14.2 Å². The summed E-state index contributed by atoms with van der Waals surface area (Å²) in [5.74, 6) is 0.742. The van der Waals surface area contributed by atoms with Gasteiger partial charge in [0.1, 0.15) is 0 Å². The predicted octanol–water partition coefficient (Wildman–Crippen LogP) is 1.80. The van der Waals surface area contributed by atoms with Gasteiger partial charge in [0, 0.05) is 36.4 Å². The molecule has 4 nitrogen and oxygen atoms in total. The highest BCUT2D eigenvalue weighted by molar-refractivity contribution is 5.25. The Morgan fingerprint density at radius 1 is 1.37 bits per heavy atom. The van der Waals surface area contributed by atoms with Gasteiger partial charge in [0.2, 0.25) is 5.88 Å². The maximum absolute atomic E-state index is 5.30. The van der Waals surface area contributed by atoms with Gasteiger partial charge < -0.3 is 15.0 Å². The lowest BCUT2D eigenvalue weighted by molar-refractivity contribution is 0.148. The van der Waals surface area contributed by atoms with E-state index in [-0.39, 0.29) is 0 Å². The van der Waals surface area contributed by atoms with Crippen LogP contribution in [0.3, 0.4) is 0 Å². The van der Waals surface area contributed by atoms with E-state index in [0.29, 0.717) is 6.04 Å². The first-order valence-corrected chi connectivity index (χ1v) is 7.21. The second kappa shape index (κ2) is 5.47. The lowest BCUT2D eigenvalue weighted by Crippen LogP contribution is -2.47. The van der Waals surface area contributed by atoms with E-state index in [1.54, 1.807) is 13.3 Å². The zero-order chi connectivity index (χ0) is 13.2. The van der Waals surface area contributed by atoms with Gasteiger partial charge in [-0.05, 0) is 38.8 Å². The Morgan fingerprint density at radius 3 is 2.79 bits per heavy atom. The molecular formula is C15H23N3O. The molecule has 3 heterocycles. The minimum absolute atomic E-state index is 0.638. The molecule has 2 saturated heterocycles. The van der Waals surface area contributed by atoms with E-state index in [1.165, 1.54) is 25.7 Å². The fraction of sp³-hybridized carbons (Fsp3) is 0.667. The third-order valence-electron chi connectivity index (χ3n) is 4.72. The highest BCUT2D eigenvalue weighted by Gasteiger charge is 2.38. The molecule has 2 aliphatic heterocycles. The van der Waals surface area contributed by atoms with Gasteiger partial charge in [-0.3, -0.25) is 0 Å². The van der Waals surface area contributed by atoms with Crippen LogP contribution in [-0.2, 0) is 6.54 Å². The molecule has 1 N–H and O–H groups in total. The van der Waals surface area contributed by atoms with Crippen LogP contribution in [0, 0.1) is 0 Å². The number of pyridine rings is 1. The predicted molar refractivity (Wildman–Crippen MR) is 75.2 cm³/mol. The molecule has 0 aromatic carbocycles. The lowest BCUT2D eigenvalue weighted by atomic mass is 9.98. The number of fused-ring (bicyclic) bond motifs is 2. The van der Waals surface area contributed by atoms with Crippen LogP contribution in [0.2, 0.25) is 0 Å². The Labute approximate surface area is 115 Å². The molecule has 2 unspecified atom stereocenters. The fourth-order valence-corrected chi connectivity index (χ4v) is 3.57. The van der Waals surface area contributed by atoms with E-state index in [0.717, 1.165) is 30.1 Å². The first-order valence-electron chi connectivity index (χ1n) is 7.21. The second-order valence-corrected chi connectivity index (χ2v) is 5.77. The Balaban J connectivity index is 1.58. The Morgan fingerprint density at radius 2 is 2.11 bits per heavy atom. The molecule has 0 saturated carbocycles. The topological polar surface area (TPSA) is 37.4 Å². The van der Waals surface area contributed by atoms with Gasteiger partial charge in [0.05, 0.1) is 7.11 Å². The lowest BCUT2D eigenvalue weighted by Gasteiger charge is -2.36. The third kappa shape index (κ3) is 2.60. The number of aromatic nitrogens is 1.